The second-order valence-electron chi connectivity index (χ2n) is 7.13. The maximum absolute atomic E-state index is 13.1. The van der Waals surface area contributed by atoms with Gasteiger partial charge in [0.2, 0.25) is 0 Å². The standard InChI is InChI=1S/C20H29N3O3S2/c1-5-22(6-2)12-13-23-17(24)16(20(3,4)28-19(23)27)21-18(25)26-14-15-10-8-7-9-11-15/h7-11,16H,5-6,12-14H2,1-4H3,(H,21,25). The lowest BCUT2D eigenvalue weighted by Crippen LogP contribution is -2.63. The van der Waals surface area contributed by atoms with Crippen molar-refractivity contribution in [2.75, 3.05) is 26.2 Å². The van der Waals surface area contributed by atoms with Gasteiger partial charge in [-0.15, -0.1) is 0 Å². The molecule has 1 aromatic rings. The molecule has 0 aliphatic carbocycles. The number of hydrogen-bond donors (Lipinski definition) is 1. The molecule has 0 radical (unpaired) electrons. The number of carbonyl (C=O) groups is 2. The van der Waals surface area contributed by atoms with E-state index >= 15 is 0 Å². The van der Waals surface area contributed by atoms with Crippen LogP contribution in [0.5, 0.6) is 0 Å². The molecule has 2 rings (SSSR count). The molecule has 0 bridgehead atoms. The van der Waals surface area contributed by atoms with Gasteiger partial charge in [-0.05, 0) is 32.5 Å². The number of likely N-dealkylation sites (N-methyl/N-ethyl adjacent to an activating group) is 1. The zero-order valence-electron chi connectivity index (χ0n) is 16.9. The fraction of sp³-hybridized carbons (Fsp3) is 0.550. The van der Waals surface area contributed by atoms with E-state index in [-0.39, 0.29) is 12.5 Å². The lowest BCUT2D eigenvalue weighted by Gasteiger charge is -2.42. The van der Waals surface area contributed by atoms with Gasteiger partial charge in [0.05, 0.1) is 0 Å². The van der Waals surface area contributed by atoms with Crippen LogP contribution in [0.4, 0.5) is 4.79 Å². The van der Waals surface area contributed by atoms with E-state index in [1.165, 1.54) is 11.8 Å². The highest BCUT2D eigenvalue weighted by Crippen LogP contribution is 2.36. The molecule has 1 saturated heterocycles. The van der Waals surface area contributed by atoms with Gasteiger partial charge in [-0.25, -0.2) is 4.79 Å². The summed E-state index contributed by atoms with van der Waals surface area (Å²) in [5.74, 6) is -0.183. The Balaban J connectivity index is 2.00. The SMILES string of the molecule is CCN(CC)CCN1C(=O)C(NC(=O)OCc2ccccc2)C(C)(C)SC1=S. The highest BCUT2D eigenvalue weighted by molar-refractivity contribution is 8.24. The van der Waals surface area contributed by atoms with Gasteiger partial charge in [-0.2, -0.15) is 0 Å². The van der Waals surface area contributed by atoms with Crippen molar-refractivity contribution in [1.82, 2.24) is 15.1 Å². The molecular formula is C20H29N3O3S2. The van der Waals surface area contributed by atoms with Crippen molar-refractivity contribution >= 4 is 40.3 Å². The van der Waals surface area contributed by atoms with E-state index in [9.17, 15) is 9.59 Å². The Morgan fingerprint density at radius 1 is 1.29 bits per heavy atom. The number of hydrogen-bond acceptors (Lipinski definition) is 6. The summed E-state index contributed by atoms with van der Waals surface area (Å²) in [5, 5.41) is 2.75. The molecule has 1 unspecified atom stereocenters. The number of carbonyl (C=O) groups excluding carboxylic acids is 2. The van der Waals surface area contributed by atoms with Crippen molar-refractivity contribution in [1.29, 1.82) is 0 Å². The molecule has 1 N–H and O–H groups in total. The summed E-state index contributed by atoms with van der Waals surface area (Å²) >= 11 is 6.90. The zero-order chi connectivity index (χ0) is 20.7. The van der Waals surface area contributed by atoms with Crippen LogP contribution in [0.1, 0.15) is 33.3 Å². The Hall–Kier alpha value is -1.64. The van der Waals surface area contributed by atoms with Crippen molar-refractivity contribution in [2.24, 2.45) is 0 Å². The molecule has 28 heavy (non-hydrogen) atoms. The van der Waals surface area contributed by atoms with E-state index in [4.69, 9.17) is 17.0 Å². The number of benzene rings is 1. The quantitative estimate of drug-likeness (QED) is 0.648. The summed E-state index contributed by atoms with van der Waals surface area (Å²) in [7, 11) is 0. The maximum atomic E-state index is 13.1. The normalized spacial score (nSPS) is 19.0. The number of rotatable bonds is 8. The highest BCUT2D eigenvalue weighted by atomic mass is 32.2. The number of amides is 2. The summed E-state index contributed by atoms with van der Waals surface area (Å²) in [5.41, 5.74) is 0.892. The van der Waals surface area contributed by atoms with Gasteiger partial charge in [0, 0.05) is 17.8 Å². The molecule has 0 spiro atoms. The minimum absolute atomic E-state index is 0.158. The van der Waals surface area contributed by atoms with Gasteiger partial charge in [-0.3, -0.25) is 9.69 Å². The van der Waals surface area contributed by atoms with Crippen LogP contribution in [0, 0.1) is 0 Å². The molecule has 0 saturated carbocycles. The minimum atomic E-state index is -0.704. The lowest BCUT2D eigenvalue weighted by atomic mass is 10.0. The van der Waals surface area contributed by atoms with Gasteiger partial charge in [-0.1, -0.05) is 68.2 Å². The second-order valence-corrected chi connectivity index (χ2v) is 9.42. The molecule has 0 aromatic heterocycles. The van der Waals surface area contributed by atoms with E-state index < -0.39 is 16.9 Å². The van der Waals surface area contributed by atoms with E-state index in [1.54, 1.807) is 4.90 Å². The Morgan fingerprint density at radius 3 is 2.54 bits per heavy atom. The number of thiocarbonyl (C=S) groups is 1. The average molecular weight is 424 g/mol. The first-order valence-corrected chi connectivity index (χ1v) is 10.7. The minimum Gasteiger partial charge on any atom is -0.445 e. The van der Waals surface area contributed by atoms with Crippen LogP contribution < -0.4 is 5.32 Å². The smallest absolute Gasteiger partial charge is 0.408 e. The monoisotopic (exact) mass is 423 g/mol. The first-order valence-electron chi connectivity index (χ1n) is 9.52. The first-order chi connectivity index (χ1) is 13.3. The molecule has 154 valence electrons. The van der Waals surface area contributed by atoms with Gasteiger partial charge in [0.15, 0.2) is 0 Å². The number of nitrogens with one attached hydrogen (secondary N) is 1. The lowest BCUT2D eigenvalue weighted by molar-refractivity contribution is -0.130. The third-order valence-electron chi connectivity index (χ3n) is 4.79. The molecule has 1 aliphatic heterocycles. The van der Waals surface area contributed by atoms with Crippen LogP contribution in [0.2, 0.25) is 0 Å². The molecule has 6 nitrogen and oxygen atoms in total. The van der Waals surface area contributed by atoms with E-state index in [2.05, 4.69) is 24.1 Å². The van der Waals surface area contributed by atoms with Crippen LogP contribution in [-0.2, 0) is 16.1 Å². The van der Waals surface area contributed by atoms with Gasteiger partial charge < -0.3 is 15.0 Å². The van der Waals surface area contributed by atoms with Crippen LogP contribution in [0.15, 0.2) is 30.3 Å². The molecular weight excluding hydrogens is 394 g/mol. The van der Waals surface area contributed by atoms with Gasteiger partial charge >= 0.3 is 6.09 Å². The number of alkyl carbamates (subject to hydrolysis) is 1. The third kappa shape index (κ3) is 5.93. The molecule has 8 heteroatoms. The van der Waals surface area contributed by atoms with Crippen molar-refractivity contribution in [3.8, 4) is 0 Å². The maximum Gasteiger partial charge on any atom is 0.408 e. The third-order valence-corrected chi connectivity index (χ3v) is 6.42. The number of ether oxygens (including phenoxy) is 1. The van der Waals surface area contributed by atoms with Crippen LogP contribution >= 0.6 is 24.0 Å². The largest absolute Gasteiger partial charge is 0.445 e. The Labute approximate surface area is 177 Å². The zero-order valence-corrected chi connectivity index (χ0v) is 18.6. The highest BCUT2D eigenvalue weighted by Gasteiger charge is 2.46. The molecule has 1 heterocycles. The fourth-order valence-electron chi connectivity index (χ4n) is 2.98. The summed E-state index contributed by atoms with van der Waals surface area (Å²) < 4.78 is 5.30. The molecule has 1 fully saturated rings. The summed E-state index contributed by atoms with van der Waals surface area (Å²) in [6.07, 6.45) is -0.604. The molecule has 1 aliphatic rings. The van der Waals surface area contributed by atoms with E-state index in [0.717, 1.165) is 25.2 Å². The Bertz CT molecular complexity index is 693. The van der Waals surface area contributed by atoms with Crippen molar-refractivity contribution in [3.05, 3.63) is 35.9 Å². The Morgan fingerprint density at radius 2 is 1.93 bits per heavy atom. The summed E-state index contributed by atoms with van der Waals surface area (Å²) in [6, 6.07) is 8.73. The van der Waals surface area contributed by atoms with Crippen molar-refractivity contribution in [3.63, 3.8) is 0 Å². The fourth-order valence-corrected chi connectivity index (χ4v) is 4.83. The topological polar surface area (TPSA) is 61.9 Å². The van der Waals surface area contributed by atoms with Crippen LogP contribution in [-0.4, -0.2) is 63.1 Å². The number of thioether (sulfide) groups is 1. The van der Waals surface area contributed by atoms with Crippen LogP contribution in [0.3, 0.4) is 0 Å². The van der Waals surface area contributed by atoms with Gasteiger partial charge in [0.1, 0.15) is 17.0 Å². The van der Waals surface area contributed by atoms with Gasteiger partial charge in [0.25, 0.3) is 5.91 Å². The molecule has 1 aromatic carbocycles. The van der Waals surface area contributed by atoms with Crippen molar-refractivity contribution in [2.45, 2.75) is 45.1 Å². The predicted molar refractivity (Wildman–Crippen MR) is 117 cm³/mol. The second kappa shape index (κ2) is 10.2. The number of nitrogens with zero attached hydrogens (tertiary/aromatic N) is 2. The Kier molecular flexibility index (Phi) is 8.27. The van der Waals surface area contributed by atoms with Crippen molar-refractivity contribution < 1.29 is 14.3 Å². The summed E-state index contributed by atoms with van der Waals surface area (Å²) in [6.45, 7) is 11.2. The van der Waals surface area contributed by atoms with E-state index in [0.29, 0.717) is 10.9 Å². The predicted octanol–water partition coefficient (Wildman–Crippen LogP) is 3.26. The average Bonchev–Trinajstić information content (AvgIpc) is 2.67. The molecule has 2 amide bonds. The summed E-state index contributed by atoms with van der Waals surface area (Å²) in [4.78, 5) is 29.2. The van der Waals surface area contributed by atoms with E-state index in [1.807, 2.05) is 44.2 Å². The van der Waals surface area contributed by atoms with Crippen LogP contribution in [0.25, 0.3) is 0 Å². The molecule has 1 atom stereocenters. The first kappa shape index (κ1) is 22.6.